The smallest absolute Gasteiger partial charge is 0.247 e. The van der Waals surface area contributed by atoms with Crippen molar-refractivity contribution in [1.29, 1.82) is 0 Å². The Labute approximate surface area is 195 Å². The summed E-state index contributed by atoms with van der Waals surface area (Å²) in [5.74, 6) is -0.0614. The highest BCUT2D eigenvalue weighted by Crippen LogP contribution is 2.36. The predicted octanol–water partition coefficient (Wildman–Crippen LogP) is 5.16. The minimum Gasteiger partial charge on any atom is -0.490 e. The van der Waals surface area contributed by atoms with E-state index < -0.39 is 12.7 Å². The number of rotatable bonds is 6. The number of nitrogens with one attached hydrogen (secondary N) is 1. The number of carbonyl (C=O) groups is 1. The average molecular weight is 472 g/mol. The maximum absolute atomic E-state index is 13.9. The summed E-state index contributed by atoms with van der Waals surface area (Å²) in [5.41, 5.74) is 3.21. The van der Waals surface area contributed by atoms with Gasteiger partial charge in [0.2, 0.25) is 5.91 Å². The zero-order valence-electron chi connectivity index (χ0n) is 18.2. The highest BCUT2D eigenvalue weighted by atomic mass is 35.5. The van der Waals surface area contributed by atoms with E-state index in [9.17, 15) is 13.6 Å². The van der Waals surface area contributed by atoms with Crippen LogP contribution in [0.1, 0.15) is 12.5 Å². The van der Waals surface area contributed by atoms with Crippen LogP contribution in [0.25, 0.3) is 16.6 Å². The quantitative estimate of drug-likeness (QED) is 0.505. The molecule has 0 bridgehead atoms. The maximum atomic E-state index is 13.9. The summed E-state index contributed by atoms with van der Waals surface area (Å²) >= 11 is 6.58. The van der Waals surface area contributed by atoms with E-state index in [1.807, 2.05) is 34.7 Å². The molecule has 8 heteroatoms. The third-order valence-corrected chi connectivity index (χ3v) is 5.88. The van der Waals surface area contributed by atoms with E-state index in [0.29, 0.717) is 23.9 Å². The second kappa shape index (κ2) is 9.77. The van der Waals surface area contributed by atoms with Crippen molar-refractivity contribution in [2.45, 2.75) is 19.5 Å². The van der Waals surface area contributed by atoms with Gasteiger partial charge in [0.25, 0.3) is 0 Å². The van der Waals surface area contributed by atoms with Gasteiger partial charge < -0.3 is 14.6 Å². The predicted molar refractivity (Wildman–Crippen MR) is 126 cm³/mol. The Balaban J connectivity index is 1.68. The molecular formula is C25H24ClF2N3O2. The zero-order chi connectivity index (χ0) is 23.5. The van der Waals surface area contributed by atoms with Crippen molar-refractivity contribution >= 4 is 28.4 Å². The molecule has 1 unspecified atom stereocenters. The van der Waals surface area contributed by atoms with E-state index in [2.05, 4.69) is 11.9 Å². The molecule has 5 nitrogen and oxygen atoms in total. The molecular weight excluding hydrogens is 448 g/mol. The Morgan fingerprint density at radius 2 is 2.15 bits per heavy atom. The lowest BCUT2D eigenvalue weighted by molar-refractivity contribution is -0.115. The molecule has 0 saturated heterocycles. The van der Waals surface area contributed by atoms with Gasteiger partial charge in [-0.3, -0.25) is 9.69 Å². The number of aromatic nitrogens is 1. The summed E-state index contributed by atoms with van der Waals surface area (Å²) in [7, 11) is 0. The Kier molecular flexibility index (Phi) is 6.81. The molecule has 1 N–H and O–H groups in total. The van der Waals surface area contributed by atoms with Gasteiger partial charge in [-0.15, -0.1) is 0 Å². The zero-order valence-corrected chi connectivity index (χ0v) is 18.9. The molecule has 0 saturated carbocycles. The molecule has 1 amide bonds. The number of amides is 1. The fourth-order valence-electron chi connectivity index (χ4n) is 4.08. The third kappa shape index (κ3) is 4.94. The first-order valence-electron chi connectivity index (χ1n) is 10.5. The summed E-state index contributed by atoms with van der Waals surface area (Å²) in [6.45, 7) is 5.61. The second-order valence-electron chi connectivity index (χ2n) is 8.03. The van der Waals surface area contributed by atoms with Crippen LogP contribution in [0.5, 0.6) is 5.75 Å². The lowest BCUT2D eigenvalue weighted by Gasteiger charge is -2.27. The highest BCUT2D eigenvalue weighted by molar-refractivity contribution is 6.32. The molecule has 2 aromatic carbocycles. The van der Waals surface area contributed by atoms with E-state index in [4.69, 9.17) is 16.3 Å². The van der Waals surface area contributed by atoms with Gasteiger partial charge in [-0.1, -0.05) is 23.8 Å². The number of fused-ring (bicyclic) bond motifs is 2. The summed E-state index contributed by atoms with van der Waals surface area (Å²) in [6, 6.07) is 9.69. The van der Waals surface area contributed by atoms with Crippen molar-refractivity contribution in [3.8, 4) is 11.4 Å². The number of ether oxygens (including phenoxy) is 1. The number of benzene rings is 2. The molecule has 172 valence electrons. The van der Waals surface area contributed by atoms with Crippen LogP contribution in [0.3, 0.4) is 0 Å². The normalized spacial score (nSPS) is 16.7. The monoisotopic (exact) mass is 471 g/mol. The topological polar surface area (TPSA) is 46.5 Å². The van der Waals surface area contributed by atoms with Crippen molar-refractivity contribution in [2.75, 3.05) is 19.8 Å². The fourth-order valence-corrected chi connectivity index (χ4v) is 4.37. The first-order chi connectivity index (χ1) is 15.9. The van der Waals surface area contributed by atoms with Gasteiger partial charge in [-0.2, -0.15) is 0 Å². The van der Waals surface area contributed by atoms with Crippen LogP contribution < -0.4 is 10.1 Å². The fraction of sp³-hybridized carbons (Fsp3) is 0.240. The molecule has 4 rings (SSSR count). The Bertz CT molecular complexity index is 1240. The second-order valence-corrected chi connectivity index (χ2v) is 8.44. The molecule has 1 aliphatic rings. The van der Waals surface area contributed by atoms with Crippen LogP contribution in [0.15, 0.2) is 67.0 Å². The molecule has 33 heavy (non-hydrogen) atoms. The first-order valence-corrected chi connectivity index (χ1v) is 10.9. The Hall–Kier alpha value is -3.16. The lowest BCUT2D eigenvalue weighted by Crippen LogP contribution is -2.40. The first kappa shape index (κ1) is 23.0. The summed E-state index contributed by atoms with van der Waals surface area (Å²) in [4.78, 5) is 13.8. The van der Waals surface area contributed by atoms with Crippen LogP contribution in [0.2, 0.25) is 5.02 Å². The van der Waals surface area contributed by atoms with Crippen molar-refractivity contribution in [1.82, 2.24) is 14.8 Å². The third-order valence-electron chi connectivity index (χ3n) is 5.60. The molecule has 1 aliphatic heterocycles. The van der Waals surface area contributed by atoms with Crippen molar-refractivity contribution in [3.05, 3.63) is 83.4 Å². The van der Waals surface area contributed by atoms with Gasteiger partial charge in [0, 0.05) is 42.0 Å². The van der Waals surface area contributed by atoms with E-state index in [0.717, 1.165) is 27.7 Å². The van der Waals surface area contributed by atoms with Crippen molar-refractivity contribution in [2.24, 2.45) is 0 Å². The number of hydrogen-bond acceptors (Lipinski definition) is 3. The maximum Gasteiger partial charge on any atom is 0.247 e. The summed E-state index contributed by atoms with van der Waals surface area (Å²) in [6.07, 6.45) is 4.64. The van der Waals surface area contributed by atoms with Crippen LogP contribution in [0.4, 0.5) is 8.78 Å². The molecule has 0 spiro atoms. The Morgan fingerprint density at radius 1 is 1.33 bits per heavy atom. The van der Waals surface area contributed by atoms with Gasteiger partial charge in [0.15, 0.2) is 0 Å². The van der Waals surface area contributed by atoms with Gasteiger partial charge in [0.1, 0.15) is 24.8 Å². The van der Waals surface area contributed by atoms with E-state index in [-0.39, 0.29) is 18.3 Å². The molecule has 3 aromatic rings. The Morgan fingerprint density at radius 3 is 2.91 bits per heavy atom. The lowest BCUT2D eigenvalue weighted by atomic mass is 10.1. The van der Waals surface area contributed by atoms with Crippen LogP contribution in [0, 0.1) is 5.82 Å². The van der Waals surface area contributed by atoms with Crippen LogP contribution in [-0.4, -0.2) is 41.2 Å². The van der Waals surface area contributed by atoms with Gasteiger partial charge in [-0.25, -0.2) is 8.78 Å². The molecule has 0 fully saturated rings. The number of carbonyl (C=O) groups excluding carboxylic acids is 1. The number of nitrogens with zero attached hydrogens (tertiary/aromatic N) is 2. The van der Waals surface area contributed by atoms with Crippen molar-refractivity contribution < 1.29 is 18.3 Å². The summed E-state index contributed by atoms with van der Waals surface area (Å²) in [5, 5.41) is 3.70. The minimum atomic E-state index is -0.599. The SMILES string of the molecule is C=CNC(=O)/C=C(\C)CN1Cc2cc(-n3ccc4cc(F)ccc43)cc(Cl)c2OCC1CF. The molecule has 2 heterocycles. The number of alkyl halides is 1. The van der Waals surface area contributed by atoms with E-state index in [1.165, 1.54) is 24.4 Å². The van der Waals surface area contributed by atoms with Crippen molar-refractivity contribution in [3.63, 3.8) is 0 Å². The molecule has 0 radical (unpaired) electrons. The molecule has 1 atom stereocenters. The van der Waals surface area contributed by atoms with E-state index >= 15 is 0 Å². The largest absolute Gasteiger partial charge is 0.490 e. The molecule has 1 aromatic heterocycles. The summed E-state index contributed by atoms with van der Waals surface area (Å²) < 4.78 is 35.3. The van der Waals surface area contributed by atoms with Crippen LogP contribution >= 0.6 is 11.6 Å². The number of halogens is 3. The molecule has 0 aliphatic carbocycles. The van der Waals surface area contributed by atoms with Gasteiger partial charge in [-0.05, 0) is 49.5 Å². The standard InChI is InChI=1S/C25H24ClF2N3O2/c1-3-29-24(32)8-16(2)13-30-14-18-10-20(11-22(26)25(18)33-15-21(30)12-27)31-7-6-17-9-19(28)4-5-23(17)31/h3-11,21H,1,12-15H2,2H3,(H,29,32)/b16-8+. The minimum absolute atomic E-state index is 0.139. The van der Waals surface area contributed by atoms with Gasteiger partial charge >= 0.3 is 0 Å². The van der Waals surface area contributed by atoms with Crippen LogP contribution in [-0.2, 0) is 11.3 Å². The van der Waals surface area contributed by atoms with Gasteiger partial charge in [0.05, 0.1) is 16.6 Å². The highest BCUT2D eigenvalue weighted by Gasteiger charge is 2.27. The number of hydrogen-bond donors (Lipinski definition) is 1. The average Bonchev–Trinajstić information content (AvgIpc) is 3.09. The van der Waals surface area contributed by atoms with E-state index in [1.54, 1.807) is 12.1 Å².